The lowest BCUT2D eigenvalue weighted by atomic mass is 9.96. The number of carboxylic acid groups (broad SMARTS) is 1. The molecule has 1 fully saturated rings. The number of rotatable bonds is 4. The first-order valence-electron chi connectivity index (χ1n) is 5.14. The molecule has 0 radical (unpaired) electrons. The third-order valence-corrected chi connectivity index (χ3v) is 2.61. The quantitative estimate of drug-likeness (QED) is 0.753. The predicted molar refractivity (Wildman–Crippen MR) is 56.5 cm³/mol. The molecule has 2 N–H and O–H groups in total. The summed E-state index contributed by atoms with van der Waals surface area (Å²) in [6.07, 6.45) is 2.89. The van der Waals surface area contributed by atoms with Gasteiger partial charge in [-0.2, -0.15) is 0 Å². The number of likely N-dealkylation sites (tertiary alicyclic amines) is 1. The molecular formula is C10H13N3O4. The molecule has 17 heavy (non-hydrogen) atoms. The molecule has 1 saturated heterocycles. The molecule has 1 amide bonds. The fourth-order valence-corrected chi connectivity index (χ4v) is 1.78. The van der Waals surface area contributed by atoms with Crippen LogP contribution >= 0.6 is 0 Å². The first kappa shape index (κ1) is 11.6. The van der Waals surface area contributed by atoms with Crippen molar-refractivity contribution in [3.63, 3.8) is 0 Å². The zero-order chi connectivity index (χ0) is 12.5. The van der Waals surface area contributed by atoms with Gasteiger partial charge >= 0.3 is 5.97 Å². The van der Waals surface area contributed by atoms with Crippen LogP contribution in [-0.4, -0.2) is 57.1 Å². The first-order chi connectivity index (χ1) is 8.00. The summed E-state index contributed by atoms with van der Waals surface area (Å²) in [6, 6.07) is 0. The van der Waals surface area contributed by atoms with Gasteiger partial charge in [-0.25, -0.2) is 9.78 Å². The van der Waals surface area contributed by atoms with Gasteiger partial charge in [-0.3, -0.25) is 4.79 Å². The number of carbonyl (C=O) groups excluding carboxylic acids is 1. The molecule has 2 heterocycles. The molecule has 7 nitrogen and oxygen atoms in total. The van der Waals surface area contributed by atoms with Gasteiger partial charge in [0.1, 0.15) is 17.9 Å². The van der Waals surface area contributed by atoms with Crippen LogP contribution in [0.2, 0.25) is 0 Å². The van der Waals surface area contributed by atoms with E-state index in [1.165, 1.54) is 12.5 Å². The van der Waals surface area contributed by atoms with Crippen LogP contribution in [0.1, 0.15) is 17.4 Å². The van der Waals surface area contributed by atoms with Crippen LogP contribution in [0.5, 0.6) is 0 Å². The third kappa shape index (κ3) is 2.44. The lowest BCUT2D eigenvalue weighted by Gasteiger charge is -2.46. The Hall–Kier alpha value is -1.89. The molecular weight excluding hydrogens is 226 g/mol. The van der Waals surface area contributed by atoms with Crippen molar-refractivity contribution in [1.29, 1.82) is 0 Å². The van der Waals surface area contributed by atoms with E-state index in [-0.39, 0.29) is 12.5 Å². The lowest BCUT2D eigenvalue weighted by Crippen LogP contribution is -2.63. The minimum atomic E-state index is -1.01. The zero-order valence-electron chi connectivity index (χ0n) is 9.34. The standard InChI is InChI=1S/C10H13N3O4/c1-10(17-3-8(14)15)4-13(5-10)9(16)7-2-11-6-12-7/h2,6H,3-5H2,1H3,(H,11,12)(H,14,15). The highest BCUT2D eigenvalue weighted by Crippen LogP contribution is 2.25. The average molecular weight is 239 g/mol. The Labute approximate surface area is 97.4 Å². The second-order valence-corrected chi connectivity index (χ2v) is 4.26. The van der Waals surface area contributed by atoms with Crippen LogP contribution in [0.25, 0.3) is 0 Å². The molecule has 1 aromatic heterocycles. The normalized spacial score (nSPS) is 17.6. The highest BCUT2D eigenvalue weighted by atomic mass is 16.5. The van der Waals surface area contributed by atoms with Crippen molar-refractivity contribution in [3.8, 4) is 0 Å². The molecule has 2 rings (SSSR count). The van der Waals surface area contributed by atoms with E-state index in [2.05, 4.69) is 9.97 Å². The highest BCUT2D eigenvalue weighted by molar-refractivity contribution is 5.92. The van der Waals surface area contributed by atoms with Gasteiger partial charge in [-0.1, -0.05) is 0 Å². The van der Waals surface area contributed by atoms with Crippen molar-refractivity contribution < 1.29 is 19.4 Å². The molecule has 1 aliphatic rings. The number of hydrogen-bond acceptors (Lipinski definition) is 4. The number of nitrogens with one attached hydrogen (secondary N) is 1. The minimum Gasteiger partial charge on any atom is -0.480 e. The number of nitrogens with zero attached hydrogens (tertiary/aromatic N) is 2. The zero-order valence-corrected chi connectivity index (χ0v) is 9.34. The monoisotopic (exact) mass is 239 g/mol. The SMILES string of the molecule is CC1(OCC(=O)O)CN(C(=O)c2cnc[nH]2)C1. The summed E-state index contributed by atoms with van der Waals surface area (Å²) in [5.74, 6) is -1.16. The third-order valence-electron chi connectivity index (χ3n) is 2.61. The van der Waals surface area contributed by atoms with E-state index >= 15 is 0 Å². The summed E-state index contributed by atoms with van der Waals surface area (Å²) in [4.78, 5) is 30.2. The highest BCUT2D eigenvalue weighted by Gasteiger charge is 2.43. The Balaban J connectivity index is 1.86. The Bertz CT molecular complexity index is 423. The second-order valence-electron chi connectivity index (χ2n) is 4.26. The number of ether oxygens (including phenoxy) is 1. The lowest BCUT2D eigenvalue weighted by molar-refractivity contribution is -0.159. The Morgan fingerprint density at radius 2 is 2.35 bits per heavy atom. The van der Waals surface area contributed by atoms with Gasteiger partial charge in [-0.05, 0) is 6.92 Å². The van der Waals surface area contributed by atoms with Crippen molar-refractivity contribution in [2.24, 2.45) is 0 Å². The number of carbonyl (C=O) groups is 2. The van der Waals surface area contributed by atoms with Crippen molar-refractivity contribution in [2.45, 2.75) is 12.5 Å². The van der Waals surface area contributed by atoms with E-state index in [0.717, 1.165) is 0 Å². The Morgan fingerprint density at radius 1 is 1.65 bits per heavy atom. The van der Waals surface area contributed by atoms with Crippen LogP contribution < -0.4 is 0 Å². The fraction of sp³-hybridized carbons (Fsp3) is 0.500. The molecule has 0 saturated carbocycles. The molecule has 92 valence electrons. The van der Waals surface area contributed by atoms with E-state index in [0.29, 0.717) is 18.8 Å². The number of imidazole rings is 1. The summed E-state index contributed by atoms with van der Waals surface area (Å²) in [5, 5.41) is 8.50. The van der Waals surface area contributed by atoms with Gasteiger partial charge in [0.15, 0.2) is 0 Å². The van der Waals surface area contributed by atoms with Crippen LogP contribution in [0, 0.1) is 0 Å². The minimum absolute atomic E-state index is 0.154. The maximum atomic E-state index is 11.8. The predicted octanol–water partition coefficient (Wildman–Crippen LogP) is -0.275. The fourth-order valence-electron chi connectivity index (χ4n) is 1.78. The number of aromatic amines is 1. The van der Waals surface area contributed by atoms with Gasteiger partial charge in [0.2, 0.25) is 0 Å². The Morgan fingerprint density at radius 3 is 2.88 bits per heavy atom. The van der Waals surface area contributed by atoms with Gasteiger partial charge in [0.25, 0.3) is 5.91 Å². The van der Waals surface area contributed by atoms with Crippen molar-refractivity contribution >= 4 is 11.9 Å². The molecule has 0 unspecified atom stereocenters. The van der Waals surface area contributed by atoms with Crippen LogP contribution in [-0.2, 0) is 9.53 Å². The van der Waals surface area contributed by atoms with E-state index in [1.807, 2.05) is 0 Å². The van der Waals surface area contributed by atoms with Gasteiger partial charge in [0.05, 0.1) is 25.6 Å². The molecule has 1 aromatic rings. The summed E-state index contributed by atoms with van der Waals surface area (Å²) in [6.45, 7) is 2.21. The van der Waals surface area contributed by atoms with Crippen molar-refractivity contribution in [1.82, 2.24) is 14.9 Å². The van der Waals surface area contributed by atoms with Crippen molar-refractivity contribution in [2.75, 3.05) is 19.7 Å². The average Bonchev–Trinajstić information content (AvgIpc) is 2.74. The number of hydrogen-bond donors (Lipinski definition) is 2. The molecule has 0 spiro atoms. The number of carboxylic acids is 1. The molecule has 0 aromatic carbocycles. The maximum Gasteiger partial charge on any atom is 0.329 e. The van der Waals surface area contributed by atoms with Crippen LogP contribution in [0.4, 0.5) is 0 Å². The van der Waals surface area contributed by atoms with E-state index in [9.17, 15) is 9.59 Å². The summed E-state index contributed by atoms with van der Waals surface area (Å²) < 4.78 is 5.21. The summed E-state index contributed by atoms with van der Waals surface area (Å²) in [7, 11) is 0. The largest absolute Gasteiger partial charge is 0.480 e. The molecule has 0 bridgehead atoms. The van der Waals surface area contributed by atoms with Gasteiger partial charge < -0.3 is 19.7 Å². The number of H-pyrrole nitrogens is 1. The number of aromatic nitrogens is 2. The van der Waals surface area contributed by atoms with E-state index < -0.39 is 11.6 Å². The maximum absolute atomic E-state index is 11.8. The van der Waals surface area contributed by atoms with Gasteiger partial charge in [0, 0.05) is 0 Å². The smallest absolute Gasteiger partial charge is 0.329 e. The van der Waals surface area contributed by atoms with E-state index in [1.54, 1.807) is 11.8 Å². The van der Waals surface area contributed by atoms with Crippen LogP contribution in [0.15, 0.2) is 12.5 Å². The topological polar surface area (TPSA) is 95.5 Å². The second kappa shape index (κ2) is 4.17. The summed E-state index contributed by atoms with van der Waals surface area (Å²) >= 11 is 0. The van der Waals surface area contributed by atoms with Crippen molar-refractivity contribution in [3.05, 3.63) is 18.2 Å². The summed E-state index contributed by atoms with van der Waals surface area (Å²) in [5.41, 5.74) is -0.140. The van der Waals surface area contributed by atoms with Crippen LogP contribution in [0.3, 0.4) is 0 Å². The van der Waals surface area contributed by atoms with E-state index in [4.69, 9.17) is 9.84 Å². The number of aliphatic carboxylic acids is 1. The first-order valence-corrected chi connectivity index (χ1v) is 5.14. The molecule has 7 heteroatoms. The van der Waals surface area contributed by atoms with Gasteiger partial charge in [-0.15, -0.1) is 0 Å². The Kier molecular flexibility index (Phi) is 2.84. The molecule has 0 atom stereocenters. The number of amides is 1. The molecule has 0 aliphatic carbocycles. The molecule has 1 aliphatic heterocycles.